The third kappa shape index (κ3) is 3.25. The van der Waals surface area contributed by atoms with Crippen molar-refractivity contribution in [2.24, 2.45) is 11.8 Å². The molecule has 3 unspecified atom stereocenters. The van der Waals surface area contributed by atoms with Crippen LogP contribution in [0.3, 0.4) is 0 Å². The number of hydrogen-bond donors (Lipinski definition) is 2. The van der Waals surface area contributed by atoms with Gasteiger partial charge in [0.1, 0.15) is 0 Å². The molecule has 0 aromatic rings. The van der Waals surface area contributed by atoms with E-state index in [0.29, 0.717) is 18.6 Å². The van der Waals surface area contributed by atoms with Gasteiger partial charge in [0.2, 0.25) is 5.91 Å². The summed E-state index contributed by atoms with van der Waals surface area (Å²) in [4.78, 5) is 11.6. The second kappa shape index (κ2) is 5.60. The first-order valence-electron chi connectivity index (χ1n) is 7.84. The maximum Gasteiger partial charge on any atom is 0.234 e. The highest BCUT2D eigenvalue weighted by Gasteiger charge is 2.32. The van der Waals surface area contributed by atoms with E-state index in [9.17, 15) is 4.79 Å². The lowest BCUT2D eigenvalue weighted by Crippen LogP contribution is -2.43. The molecular formula is C15H26N2O. The zero-order valence-electron chi connectivity index (χ0n) is 11.3. The fraction of sp³-hybridized carbons (Fsp3) is 0.933. The van der Waals surface area contributed by atoms with Gasteiger partial charge in [0, 0.05) is 12.1 Å². The van der Waals surface area contributed by atoms with Crippen LogP contribution < -0.4 is 10.6 Å². The van der Waals surface area contributed by atoms with Gasteiger partial charge in [-0.3, -0.25) is 4.79 Å². The van der Waals surface area contributed by atoms with Crippen LogP contribution in [0.15, 0.2) is 0 Å². The maximum atomic E-state index is 11.6. The summed E-state index contributed by atoms with van der Waals surface area (Å²) in [6.45, 7) is 0.526. The fourth-order valence-corrected chi connectivity index (χ4v) is 3.80. The van der Waals surface area contributed by atoms with E-state index in [0.717, 1.165) is 11.8 Å². The molecule has 0 aromatic carbocycles. The summed E-state index contributed by atoms with van der Waals surface area (Å²) in [5.41, 5.74) is 0. The third-order valence-electron chi connectivity index (χ3n) is 5.03. The predicted octanol–water partition coefficient (Wildman–Crippen LogP) is 2.21. The Bertz CT molecular complexity index is 301. The van der Waals surface area contributed by atoms with Crippen LogP contribution in [-0.2, 0) is 4.79 Å². The van der Waals surface area contributed by atoms with Gasteiger partial charge in [-0.15, -0.1) is 0 Å². The molecule has 3 heteroatoms. The second-order valence-corrected chi connectivity index (χ2v) is 6.54. The number of hydrogen-bond acceptors (Lipinski definition) is 2. The van der Waals surface area contributed by atoms with Crippen molar-refractivity contribution in [3.63, 3.8) is 0 Å². The highest BCUT2D eigenvalue weighted by molar-refractivity contribution is 5.78. The van der Waals surface area contributed by atoms with E-state index in [1.54, 1.807) is 0 Å². The van der Waals surface area contributed by atoms with Gasteiger partial charge in [0.15, 0.2) is 0 Å². The predicted molar refractivity (Wildman–Crippen MR) is 72.3 cm³/mol. The summed E-state index contributed by atoms with van der Waals surface area (Å²) in [5.74, 6) is 2.14. The van der Waals surface area contributed by atoms with Crippen molar-refractivity contribution in [2.45, 2.75) is 69.9 Å². The van der Waals surface area contributed by atoms with E-state index in [-0.39, 0.29) is 5.91 Å². The van der Waals surface area contributed by atoms with E-state index in [4.69, 9.17) is 0 Å². The molecule has 3 atom stereocenters. The Labute approximate surface area is 110 Å². The lowest BCUT2D eigenvalue weighted by atomic mass is 9.69. The highest BCUT2D eigenvalue weighted by Crippen LogP contribution is 2.40. The molecule has 102 valence electrons. The van der Waals surface area contributed by atoms with Gasteiger partial charge in [0.05, 0.1) is 6.54 Å². The lowest BCUT2D eigenvalue weighted by molar-refractivity contribution is -0.120. The van der Waals surface area contributed by atoms with Crippen LogP contribution in [0.25, 0.3) is 0 Å². The van der Waals surface area contributed by atoms with Gasteiger partial charge >= 0.3 is 0 Å². The van der Waals surface area contributed by atoms with Gasteiger partial charge in [-0.2, -0.15) is 0 Å². The van der Waals surface area contributed by atoms with Crippen LogP contribution in [0.2, 0.25) is 0 Å². The summed E-state index contributed by atoms with van der Waals surface area (Å²) in [7, 11) is 0. The van der Waals surface area contributed by atoms with Gasteiger partial charge in [0.25, 0.3) is 0 Å². The normalized spacial score (nSPS) is 35.9. The first kappa shape index (κ1) is 12.5. The monoisotopic (exact) mass is 250 g/mol. The molecule has 1 amide bonds. The van der Waals surface area contributed by atoms with Crippen molar-refractivity contribution in [3.8, 4) is 0 Å². The molecule has 18 heavy (non-hydrogen) atoms. The van der Waals surface area contributed by atoms with Gasteiger partial charge in [-0.05, 0) is 43.9 Å². The summed E-state index contributed by atoms with van der Waals surface area (Å²) >= 11 is 0. The number of nitrogens with one attached hydrogen (secondary N) is 2. The van der Waals surface area contributed by atoms with E-state index in [1.807, 2.05) is 0 Å². The molecule has 0 aromatic heterocycles. The maximum absolute atomic E-state index is 11.6. The summed E-state index contributed by atoms with van der Waals surface area (Å²) < 4.78 is 0. The first-order valence-corrected chi connectivity index (χ1v) is 7.84. The third-order valence-corrected chi connectivity index (χ3v) is 5.03. The lowest BCUT2D eigenvalue weighted by Gasteiger charge is -2.39. The summed E-state index contributed by atoms with van der Waals surface area (Å²) in [5, 5.41) is 6.52. The molecule has 3 nitrogen and oxygen atoms in total. The number of fused-ring (bicyclic) bond motifs is 1. The first-order chi connectivity index (χ1) is 8.81. The molecule has 3 aliphatic rings. The van der Waals surface area contributed by atoms with E-state index < -0.39 is 0 Å². The minimum Gasteiger partial charge on any atom is -0.352 e. The Hall–Kier alpha value is -0.570. The Morgan fingerprint density at radius 1 is 0.889 bits per heavy atom. The molecule has 0 heterocycles. The smallest absolute Gasteiger partial charge is 0.234 e. The SMILES string of the molecule is O=C(CNC1CCC2CCCCC2C1)NC1CC1. The van der Waals surface area contributed by atoms with Crippen LogP contribution in [0.4, 0.5) is 0 Å². The van der Waals surface area contributed by atoms with Crippen molar-refractivity contribution in [1.29, 1.82) is 0 Å². The van der Waals surface area contributed by atoms with E-state index >= 15 is 0 Å². The molecule has 0 saturated heterocycles. The molecule has 3 fully saturated rings. The van der Waals surface area contributed by atoms with Gasteiger partial charge in [-0.1, -0.05) is 25.7 Å². The largest absolute Gasteiger partial charge is 0.352 e. The zero-order valence-corrected chi connectivity index (χ0v) is 11.3. The molecule has 0 bridgehead atoms. The Balaban J connectivity index is 1.38. The Morgan fingerprint density at radius 3 is 2.39 bits per heavy atom. The van der Waals surface area contributed by atoms with Crippen molar-refractivity contribution in [2.75, 3.05) is 6.54 Å². The number of carbonyl (C=O) groups is 1. The minimum atomic E-state index is 0.197. The number of carbonyl (C=O) groups excluding carboxylic acids is 1. The molecular weight excluding hydrogens is 224 g/mol. The summed E-state index contributed by atoms with van der Waals surface area (Å²) in [6.07, 6.45) is 12.1. The minimum absolute atomic E-state index is 0.197. The highest BCUT2D eigenvalue weighted by atomic mass is 16.2. The molecule has 0 aliphatic heterocycles. The molecule has 3 saturated carbocycles. The van der Waals surface area contributed by atoms with E-state index in [2.05, 4.69) is 10.6 Å². The molecule has 3 rings (SSSR count). The Morgan fingerprint density at radius 2 is 1.61 bits per heavy atom. The number of rotatable bonds is 4. The van der Waals surface area contributed by atoms with Crippen LogP contribution in [0.5, 0.6) is 0 Å². The number of amides is 1. The molecule has 3 aliphatic carbocycles. The van der Waals surface area contributed by atoms with Crippen molar-refractivity contribution >= 4 is 5.91 Å². The average molecular weight is 250 g/mol. The quantitative estimate of drug-likeness (QED) is 0.803. The van der Waals surface area contributed by atoms with Crippen molar-refractivity contribution < 1.29 is 4.79 Å². The molecule has 0 radical (unpaired) electrons. The Kier molecular flexibility index (Phi) is 3.88. The van der Waals surface area contributed by atoms with Gasteiger partial charge < -0.3 is 10.6 Å². The second-order valence-electron chi connectivity index (χ2n) is 6.54. The topological polar surface area (TPSA) is 41.1 Å². The van der Waals surface area contributed by atoms with E-state index in [1.165, 1.54) is 57.8 Å². The van der Waals surface area contributed by atoms with Crippen molar-refractivity contribution in [3.05, 3.63) is 0 Å². The van der Waals surface area contributed by atoms with Crippen LogP contribution >= 0.6 is 0 Å². The summed E-state index contributed by atoms with van der Waals surface area (Å²) in [6, 6.07) is 1.09. The van der Waals surface area contributed by atoms with Crippen LogP contribution in [0.1, 0.15) is 57.8 Å². The standard InChI is InChI=1S/C15H26N2O/c18-15(17-13-7-8-13)10-16-14-6-5-11-3-1-2-4-12(11)9-14/h11-14,16H,1-10H2,(H,17,18). The average Bonchev–Trinajstić information content (AvgIpc) is 3.20. The molecule has 0 spiro atoms. The fourth-order valence-electron chi connectivity index (χ4n) is 3.80. The van der Waals surface area contributed by atoms with Gasteiger partial charge in [-0.25, -0.2) is 0 Å². The zero-order chi connectivity index (χ0) is 12.4. The van der Waals surface area contributed by atoms with Crippen molar-refractivity contribution in [1.82, 2.24) is 10.6 Å². The van der Waals surface area contributed by atoms with Crippen LogP contribution in [0, 0.1) is 11.8 Å². The van der Waals surface area contributed by atoms with Crippen LogP contribution in [-0.4, -0.2) is 24.5 Å². The molecule has 2 N–H and O–H groups in total.